The SMILES string of the molecule is C[Si](C)(C)OCC(CCCC/C=C\C1=CC(O[Si](C)(C)C)CC1=O)O[Si](C)(C)C. The molecular formula is C22H44O4Si3. The number of rotatable bonds is 13. The molecule has 0 saturated carbocycles. The number of Topliss-reactive ketones (excluding diaryl/α,β-unsaturated/α-hetero) is 1. The highest BCUT2D eigenvalue weighted by atomic mass is 28.4. The van der Waals surface area contributed by atoms with Gasteiger partial charge in [0.15, 0.2) is 30.7 Å². The van der Waals surface area contributed by atoms with E-state index in [9.17, 15) is 4.79 Å². The van der Waals surface area contributed by atoms with Crippen LogP contribution in [0, 0.1) is 0 Å². The van der Waals surface area contributed by atoms with E-state index in [0.29, 0.717) is 6.42 Å². The van der Waals surface area contributed by atoms with Crippen molar-refractivity contribution in [3.8, 4) is 0 Å². The van der Waals surface area contributed by atoms with Gasteiger partial charge < -0.3 is 13.3 Å². The highest BCUT2D eigenvalue weighted by Gasteiger charge is 2.27. The minimum Gasteiger partial charge on any atom is -0.415 e. The van der Waals surface area contributed by atoms with Gasteiger partial charge in [0, 0.05) is 12.0 Å². The molecule has 4 nitrogen and oxygen atoms in total. The second-order valence-electron chi connectivity index (χ2n) is 11.0. The van der Waals surface area contributed by atoms with Crippen molar-refractivity contribution in [1.82, 2.24) is 0 Å². The van der Waals surface area contributed by atoms with Crippen LogP contribution in [0.25, 0.3) is 0 Å². The van der Waals surface area contributed by atoms with Gasteiger partial charge in [-0.05, 0) is 84.3 Å². The lowest BCUT2D eigenvalue weighted by molar-refractivity contribution is -0.115. The van der Waals surface area contributed by atoms with E-state index in [1.54, 1.807) is 0 Å². The Balaban J connectivity index is 2.41. The molecule has 0 aromatic carbocycles. The molecule has 0 heterocycles. The zero-order valence-corrected chi connectivity index (χ0v) is 23.3. The molecule has 0 N–H and O–H groups in total. The molecule has 0 radical (unpaired) electrons. The molecule has 0 bridgehead atoms. The maximum atomic E-state index is 12.2. The Hall–Kier alpha value is -0.319. The van der Waals surface area contributed by atoms with E-state index in [1.165, 1.54) is 0 Å². The monoisotopic (exact) mass is 456 g/mol. The predicted molar refractivity (Wildman–Crippen MR) is 131 cm³/mol. The van der Waals surface area contributed by atoms with Crippen molar-refractivity contribution in [2.45, 2.75) is 103 Å². The maximum absolute atomic E-state index is 12.2. The second-order valence-corrected chi connectivity index (χ2v) is 24.4. The van der Waals surface area contributed by atoms with Crippen molar-refractivity contribution in [3.05, 3.63) is 23.8 Å². The van der Waals surface area contributed by atoms with Crippen molar-refractivity contribution in [2.24, 2.45) is 0 Å². The summed E-state index contributed by atoms with van der Waals surface area (Å²) in [5.74, 6) is 0.205. The summed E-state index contributed by atoms with van der Waals surface area (Å²) in [4.78, 5) is 12.2. The standard InChI is InChI=1S/C22H44O4Si3/c1-27(2,3)24-18-20(25-28(4,5)6)15-13-11-10-12-14-19-16-21(17-22(19)23)26-29(7,8)9/h12,14,16,20-21H,10-11,13,15,17-18H2,1-9H3/b14-12-. The zero-order chi connectivity index (χ0) is 22.3. The maximum Gasteiger partial charge on any atom is 0.184 e. The summed E-state index contributed by atoms with van der Waals surface area (Å²) in [7, 11) is -4.71. The molecule has 2 atom stereocenters. The molecule has 0 amide bonds. The molecule has 1 rings (SSSR count). The highest BCUT2D eigenvalue weighted by Crippen LogP contribution is 2.22. The second kappa shape index (κ2) is 11.3. The molecule has 0 aromatic heterocycles. The quantitative estimate of drug-likeness (QED) is 0.241. The molecule has 1 aliphatic carbocycles. The van der Waals surface area contributed by atoms with E-state index in [-0.39, 0.29) is 18.0 Å². The van der Waals surface area contributed by atoms with Gasteiger partial charge in [0.2, 0.25) is 0 Å². The molecule has 0 aliphatic heterocycles. The van der Waals surface area contributed by atoms with Crippen molar-refractivity contribution in [2.75, 3.05) is 6.61 Å². The third-order valence-electron chi connectivity index (χ3n) is 4.25. The van der Waals surface area contributed by atoms with E-state index < -0.39 is 25.0 Å². The molecule has 0 fully saturated rings. The van der Waals surface area contributed by atoms with Gasteiger partial charge in [-0.15, -0.1) is 0 Å². The lowest BCUT2D eigenvalue weighted by Gasteiger charge is -2.29. The largest absolute Gasteiger partial charge is 0.415 e. The molecule has 29 heavy (non-hydrogen) atoms. The number of unbranched alkanes of at least 4 members (excludes halogenated alkanes) is 2. The fourth-order valence-electron chi connectivity index (χ4n) is 3.19. The zero-order valence-electron chi connectivity index (χ0n) is 20.3. The number of carbonyl (C=O) groups is 1. The van der Waals surface area contributed by atoms with Crippen LogP contribution >= 0.6 is 0 Å². The van der Waals surface area contributed by atoms with Crippen LogP contribution in [-0.4, -0.2) is 49.6 Å². The summed E-state index contributed by atoms with van der Waals surface area (Å²) in [6, 6.07) is 0. The number of hydrogen-bond acceptors (Lipinski definition) is 4. The van der Waals surface area contributed by atoms with Gasteiger partial charge in [0.1, 0.15) is 0 Å². The topological polar surface area (TPSA) is 44.8 Å². The van der Waals surface area contributed by atoms with Crippen LogP contribution in [0.15, 0.2) is 23.8 Å². The van der Waals surface area contributed by atoms with Crippen LogP contribution in [0.2, 0.25) is 58.9 Å². The molecule has 0 saturated heterocycles. The molecule has 7 heteroatoms. The van der Waals surface area contributed by atoms with Crippen LogP contribution in [0.5, 0.6) is 0 Å². The Morgan fingerprint density at radius 2 is 1.66 bits per heavy atom. The molecular weight excluding hydrogens is 412 g/mol. The van der Waals surface area contributed by atoms with Crippen LogP contribution in [-0.2, 0) is 18.1 Å². The Morgan fingerprint density at radius 1 is 1.00 bits per heavy atom. The molecule has 1 aliphatic rings. The molecule has 2 unspecified atom stereocenters. The average molecular weight is 457 g/mol. The van der Waals surface area contributed by atoms with Gasteiger partial charge in [-0.2, -0.15) is 0 Å². The summed E-state index contributed by atoms with van der Waals surface area (Å²) in [6.45, 7) is 20.6. The van der Waals surface area contributed by atoms with Gasteiger partial charge in [-0.1, -0.05) is 18.6 Å². The first-order chi connectivity index (χ1) is 13.1. The first-order valence-corrected chi connectivity index (χ1v) is 21.3. The van der Waals surface area contributed by atoms with Gasteiger partial charge in [-0.3, -0.25) is 4.79 Å². The predicted octanol–water partition coefficient (Wildman–Crippen LogP) is 6.29. The highest BCUT2D eigenvalue weighted by molar-refractivity contribution is 6.70. The summed E-state index contributed by atoms with van der Waals surface area (Å²) >= 11 is 0. The number of allylic oxidation sites excluding steroid dienone is 3. The molecule has 168 valence electrons. The normalized spacial score (nSPS) is 19.8. The third kappa shape index (κ3) is 13.6. The van der Waals surface area contributed by atoms with E-state index in [2.05, 4.69) is 65.0 Å². The van der Waals surface area contributed by atoms with Crippen LogP contribution < -0.4 is 0 Å². The summed E-state index contributed by atoms with van der Waals surface area (Å²) < 4.78 is 18.5. The lowest BCUT2D eigenvalue weighted by atomic mass is 10.1. The van der Waals surface area contributed by atoms with Gasteiger partial charge in [0.05, 0.1) is 18.8 Å². The minimum absolute atomic E-state index is 0.0281. The number of ketones is 1. The number of carbonyl (C=O) groups excluding carboxylic acids is 1. The van der Waals surface area contributed by atoms with Crippen molar-refractivity contribution < 1.29 is 18.1 Å². The first-order valence-electron chi connectivity index (χ1n) is 11.1. The van der Waals surface area contributed by atoms with E-state index in [1.807, 2.05) is 12.2 Å². The Bertz CT molecular complexity index is 580. The summed E-state index contributed by atoms with van der Waals surface area (Å²) in [5, 5.41) is 0. The Kier molecular flexibility index (Phi) is 10.4. The third-order valence-corrected chi connectivity index (χ3v) is 7.33. The minimum atomic E-state index is -1.61. The Morgan fingerprint density at radius 3 is 2.21 bits per heavy atom. The Labute approximate surface area is 182 Å². The van der Waals surface area contributed by atoms with Crippen molar-refractivity contribution in [1.29, 1.82) is 0 Å². The first kappa shape index (κ1) is 26.7. The summed E-state index contributed by atoms with van der Waals surface area (Å²) in [6.07, 6.45) is 11.0. The molecule has 0 spiro atoms. The molecule has 0 aromatic rings. The van der Waals surface area contributed by atoms with Gasteiger partial charge in [-0.25, -0.2) is 0 Å². The smallest absolute Gasteiger partial charge is 0.184 e. The van der Waals surface area contributed by atoms with Crippen LogP contribution in [0.1, 0.15) is 32.1 Å². The van der Waals surface area contributed by atoms with Crippen LogP contribution in [0.4, 0.5) is 0 Å². The average Bonchev–Trinajstić information content (AvgIpc) is 2.83. The van der Waals surface area contributed by atoms with Crippen LogP contribution in [0.3, 0.4) is 0 Å². The van der Waals surface area contributed by atoms with Crippen molar-refractivity contribution in [3.63, 3.8) is 0 Å². The van der Waals surface area contributed by atoms with Gasteiger partial charge in [0.25, 0.3) is 0 Å². The van der Waals surface area contributed by atoms with Crippen molar-refractivity contribution >= 4 is 30.7 Å². The number of hydrogen-bond donors (Lipinski definition) is 0. The lowest BCUT2D eigenvalue weighted by Crippen LogP contribution is -2.38. The van der Waals surface area contributed by atoms with Gasteiger partial charge >= 0.3 is 0 Å². The van der Waals surface area contributed by atoms with E-state index in [0.717, 1.165) is 37.9 Å². The fourth-order valence-corrected chi connectivity index (χ4v) is 6.13. The van der Waals surface area contributed by atoms with E-state index in [4.69, 9.17) is 13.3 Å². The van der Waals surface area contributed by atoms with E-state index >= 15 is 0 Å². The summed E-state index contributed by atoms with van der Waals surface area (Å²) in [5.41, 5.74) is 0.816. The fraction of sp³-hybridized carbons (Fsp3) is 0.773.